The van der Waals surface area contributed by atoms with Crippen LogP contribution in [0.25, 0.3) is 6.08 Å². The van der Waals surface area contributed by atoms with Crippen LogP contribution in [-0.2, 0) is 6.54 Å². The summed E-state index contributed by atoms with van der Waals surface area (Å²) in [7, 11) is 0. The summed E-state index contributed by atoms with van der Waals surface area (Å²) in [6.07, 6.45) is 7.46. The molecule has 26 heavy (non-hydrogen) atoms. The average Bonchev–Trinajstić information content (AvgIpc) is 2.95. The van der Waals surface area contributed by atoms with Gasteiger partial charge in [-0.2, -0.15) is 0 Å². The number of carbonyl (C=O) groups is 1. The quantitative estimate of drug-likeness (QED) is 0.857. The molecule has 0 amide bonds. The first-order chi connectivity index (χ1) is 12.6. The third-order valence-corrected chi connectivity index (χ3v) is 5.04. The van der Waals surface area contributed by atoms with Crippen LogP contribution in [0.5, 0.6) is 11.5 Å². The Morgan fingerprint density at radius 1 is 1.31 bits per heavy atom. The average molecular weight is 350 g/mol. The minimum atomic E-state index is -0.148. The van der Waals surface area contributed by atoms with Gasteiger partial charge in [0.1, 0.15) is 11.5 Å². The largest absolute Gasteiger partial charge is 0.507 e. The number of piperidine rings is 1. The van der Waals surface area contributed by atoms with Gasteiger partial charge in [0.2, 0.25) is 5.78 Å². The predicted octanol–water partition coefficient (Wildman–Crippen LogP) is 3.64. The summed E-state index contributed by atoms with van der Waals surface area (Å²) in [5.74, 6) is 1.45. The molecule has 2 aliphatic rings. The number of benzene rings is 1. The van der Waals surface area contributed by atoms with Gasteiger partial charge in [-0.25, -0.2) is 0 Å². The lowest BCUT2D eigenvalue weighted by atomic mass is 9.99. The number of ketones is 1. The number of Topliss-reactive ketones (excluding diaryl/α,β-unsaturated/α-hetero) is 1. The SMILES string of the molecule is C[C@@H]1CCCN(Cc2c(O)ccc3c2OC(=Cc2ccncc2)C3=O)C1. The second-order valence-corrected chi connectivity index (χ2v) is 7.14. The van der Waals surface area contributed by atoms with Gasteiger partial charge in [-0.15, -0.1) is 0 Å². The lowest BCUT2D eigenvalue weighted by Gasteiger charge is -2.31. The molecule has 0 spiro atoms. The Bertz CT molecular complexity index is 861. The fourth-order valence-corrected chi connectivity index (χ4v) is 3.71. The number of aromatic nitrogens is 1. The minimum Gasteiger partial charge on any atom is -0.507 e. The maximum absolute atomic E-state index is 12.7. The summed E-state index contributed by atoms with van der Waals surface area (Å²) in [6.45, 7) is 4.84. The molecule has 5 nitrogen and oxygen atoms in total. The van der Waals surface area contributed by atoms with Gasteiger partial charge in [-0.1, -0.05) is 6.92 Å². The molecule has 1 N–H and O–H groups in total. The van der Waals surface area contributed by atoms with E-state index < -0.39 is 0 Å². The number of fused-ring (bicyclic) bond motifs is 1. The Labute approximate surface area is 152 Å². The summed E-state index contributed by atoms with van der Waals surface area (Å²) in [5, 5.41) is 10.4. The Hall–Kier alpha value is -2.66. The minimum absolute atomic E-state index is 0.148. The van der Waals surface area contributed by atoms with Gasteiger partial charge in [0.05, 0.1) is 11.1 Å². The van der Waals surface area contributed by atoms with E-state index in [0.717, 1.165) is 25.1 Å². The predicted molar refractivity (Wildman–Crippen MR) is 99.0 cm³/mol. The van der Waals surface area contributed by atoms with Crippen molar-refractivity contribution in [1.82, 2.24) is 9.88 Å². The van der Waals surface area contributed by atoms with Gasteiger partial charge < -0.3 is 9.84 Å². The van der Waals surface area contributed by atoms with Crippen molar-refractivity contribution in [2.24, 2.45) is 5.92 Å². The van der Waals surface area contributed by atoms with Crippen molar-refractivity contribution in [3.63, 3.8) is 0 Å². The smallest absolute Gasteiger partial charge is 0.231 e. The molecule has 4 rings (SSSR count). The van der Waals surface area contributed by atoms with Crippen LogP contribution in [0.1, 0.15) is 41.3 Å². The van der Waals surface area contributed by atoms with Crippen LogP contribution in [0.15, 0.2) is 42.4 Å². The summed E-state index contributed by atoms with van der Waals surface area (Å²) < 4.78 is 5.91. The maximum Gasteiger partial charge on any atom is 0.231 e. The highest BCUT2D eigenvalue weighted by Gasteiger charge is 2.32. The topological polar surface area (TPSA) is 62.7 Å². The molecule has 3 heterocycles. The second kappa shape index (κ2) is 6.92. The van der Waals surface area contributed by atoms with Crippen molar-refractivity contribution in [2.45, 2.75) is 26.3 Å². The zero-order valence-electron chi connectivity index (χ0n) is 14.8. The van der Waals surface area contributed by atoms with Gasteiger partial charge in [-0.05, 0) is 61.2 Å². The molecule has 1 atom stereocenters. The van der Waals surface area contributed by atoms with Crippen molar-refractivity contribution < 1.29 is 14.6 Å². The Morgan fingerprint density at radius 3 is 2.88 bits per heavy atom. The van der Waals surface area contributed by atoms with Gasteiger partial charge >= 0.3 is 0 Å². The van der Waals surface area contributed by atoms with Crippen molar-refractivity contribution >= 4 is 11.9 Å². The molecule has 1 aromatic carbocycles. The van der Waals surface area contributed by atoms with E-state index in [-0.39, 0.29) is 17.3 Å². The van der Waals surface area contributed by atoms with Gasteiger partial charge in [-0.3, -0.25) is 14.7 Å². The van der Waals surface area contributed by atoms with E-state index in [0.29, 0.717) is 29.3 Å². The Kier molecular flexibility index (Phi) is 4.47. The number of nitrogens with zero attached hydrogens (tertiary/aromatic N) is 2. The van der Waals surface area contributed by atoms with Crippen LogP contribution in [0.3, 0.4) is 0 Å². The number of carbonyl (C=O) groups excluding carboxylic acids is 1. The molecule has 1 fully saturated rings. The number of ether oxygens (including phenoxy) is 1. The number of hydrogen-bond acceptors (Lipinski definition) is 5. The molecule has 5 heteroatoms. The van der Waals surface area contributed by atoms with E-state index in [9.17, 15) is 9.90 Å². The highest BCUT2D eigenvalue weighted by molar-refractivity contribution is 6.14. The van der Waals surface area contributed by atoms with Crippen LogP contribution in [0.4, 0.5) is 0 Å². The van der Waals surface area contributed by atoms with Crippen LogP contribution in [0, 0.1) is 5.92 Å². The highest BCUT2D eigenvalue weighted by atomic mass is 16.5. The number of hydrogen-bond donors (Lipinski definition) is 1. The molecule has 0 aliphatic carbocycles. The summed E-state index contributed by atoms with van der Waals surface area (Å²) in [5.41, 5.74) is 2.07. The van der Waals surface area contributed by atoms with Crippen molar-refractivity contribution in [1.29, 1.82) is 0 Å². The summed E-state index contributed by atoms with van der Waals surface area (Å²) >= 11 is 0. The van der Waals surface area contributed by atoms with Crippen molar-refractivity contribution in [3.8, 4) is 11.5 Å². The number of likely N-dealkylation sites (tertiary alicyclic amines) is 1. The molecule has 2 aliphatic heterocycles. The normalized spacial score (nSPS) is 21.7. The fourth-order valence-electron chi connectivity index (χ4n) is 3.71. The number of aromatic hydroxyl groups is 1. The summed E-state index contributed by atoms with van der Waals surface area (Å²) in [6, 6.07) is 6.88. The standard InChI is InChI=1S/C21H22N2O3/c1-14-3-2-10-23(12-14)13-17-18(24)5-4-16-20(25)19(26-21(16)17)11-15-6-8-22-9-7-15/h4-9,11,14,24H,2-3,10,12-13H2,1H3/t14-/m1/s1. The second-order valence-electron chi connectivity index (χ2n) is 7.14. The zero-order valence-corrected chi connectivity index (χ0v) is 14.8. The van der Waals surface area contributed by atoms with Crippen LogP contribution in [0.2, 0.25) is 0 Å². The first-order valence-electron chi connectivity index (χ1n) is 9.03. The molecule has 134 valence electrons. The molecule has 2 aromatic rings. The van der Waals surface area contributed by atoms with Gasteiger partial charge in [0.15, 0.2) is 5.76 Å². The van der Waals surface area contributed by atoms with E-state index in [1.165, 1.54) is 6.42 Å². The third kappa shape index (κ3) is 3.22. The third-order valence-electron chi connectivity index (χ3n) is 5.04. The highest BCUT2D eigenvalue weighted by Crippen LogP contribution is 2.40. The molecular weight excluding hydrogens is 328 g/mol. The first-order valence-corrected chi connectivity index (χ1v) is 9.03. The fraction of sp³-hybridized carbons (Fsp3) is 0.333. The molecular formula is C21H22N2O3. The molecule has 0 unspecified atom stereocenters. The monoisotopic (exact) mass is 350 g/mol. The Balaban J connectivity index is 1.64. The van der Waals surface area contributed by atoms with Crippen molar-refractivity contribution in [2.75, 3.05) is 13.1 Å². The summed E-state index contributed by atoms with van der Waals surface area (Å²) in [4.78, 5) is 19.0. The Morgan fingerprint density at radius 2 is 2.12 bits per heavy atom. The van der Waals surface area contributed by atoms with Crippen LogP contribution >= 0.6 is 0 Å². The number of pyridine rings is 1. The molecule has 0 radical (unpaired) electrons. The lowest BCUT2D eigenvalue weighted by molar-refractivity contribution is 0.101. The van der Waals surface area contributed by atoms with E-state index in [1.54, 1.807) is 30.6 Å². The van der Waals surface area contributed by atoms with Crippen molar-refractivity contribution in [3.05, 3.63) is 59.1 Å². The number of phenolic OH excluding ortho intramolecular Hbond substituents is 1. The van der Waals surface area contributed by atoms with Gasteiger partial charge in [0, 0.05) is 25.5 Å². The molecule has 0 saturated carbocycles. The zero-order chi connectivity index (χ0) is 18.1. The van der Waals surface area contributed by atoms with Crippen LogP contribution in [-0.4, -0.2) is 33.9 Å². The first kappa shape index (κ1) is 16.8. The maximum atomic E-state index is 12.7. The lowest BCUT2D eigenvalue weighted by Crippen LogP contribution is -2.33. The van der Waals surface area contributed by atoms with Crippen LogP contribution < -0.4 is 4.74 Å². The van der Waals surface area contributed by atoms with E-state index >= 15 is 0 Å². The van der Waals surface area contributed by atoms with E-state index in [1.807, 2.05) is 12.1 Å². The van der Waals surface area contributed by atoms with E-state index in [4.69, 9.17) is 4.74 Å². The van der Waals surface area contributed by atoms with Gasteiger partial charge in [0.25, 0.3) is 0 Å². The number of phenols is 1. The number of allylic oxidation sites excluding steroid dienone is 1. The van der Waals surface area contributed by atoms with E-state index in [2.05, 4.69) is 16.8 Å². The molecule has 0 bridgehead atoms. The molecule has 1 saturated heterocycles. The number of rotatable bonds is 3. The molecule has 1 aromatic heterocycles.